The van der Waals surface area contributed by atoms with Crippen molar-refractivity contribution in [3.05, 3.63) is 0 Å². The van der Waals surface area contributed by atoms with Gasteiger partial charge in [0.15, 0.2) is 0 Å². The van der Waals surface area contributed by atoms with Crippen molar-refractivity contribution in [3.63, 3.8) is 0 Å². The average Bonchev–Trinajstić information content (AvgIpc) is 2.11. The highest BCUT2D eigenvalue weighted by Gasteiger charge is 1.92. The molecule has 0 unspecified atom stereocenters. The third-order valence-electron chi connectivity index (χ3n) is 1.78. The molecule has 2 nitrogen and oxygen atoms in total. The van der Waals surface area contributed by atoms with Crippen molar-refractivity contribution in [1.82, 2.24) is 4.90 Å². The highest BCUT2D eigenvalue weighted by Crippen LogP contribution is 1.86. The van der Waals surface area contributed by atoms with E-state index in [1.807, 2.05) is 0 Å². The van der Waals surface area contributed by atoms with E-state index in [2.05, 4.69) is 30.6 Å². The van der Waals surface area contributed by atoms with E-state index < -0.39 is 0 Å². The number of aliphatic hydroxyl groups is 1. The van der Waals surface area contributed by atoms with E-state index in [0.717, 1.165) is 32.5 Å². The van der Waals surface area contributed by atoms with Crippen molar-refractivity contribution in [2.75, 3.05) is 26.2 Å². The highest BCUT2D eigenvalue weighted by molar-refractivity contribution is 5.00. The molecule has 0 amide bonds. The number of rotatable bonds is 5. The minimum absolute atomic E-state index is 0.250. The van der Waals surface area contributed by atoms with Crippen LogP contribution in [0, 0.1) is 11.8 Å². The summed E-state index contributed by atoms with van der Waals surface area (Å²) in [4.78, 5) is 2.27. The van der Waals surface area contributed by atoms with E-state index >= 15 is 0 Å². The largest absolute Gasteiger partial charge is 0.396 e. The van der Waals surface area contributed by atoms with Crippen LogP contribution in [0.1, 0.15) is 26.7 Å². The third-order valence-corrected chi connectivity index (χ3v) is 1.78. The van der Waals surface area contributed by atoms with Crippen LogP contribution in [-0.2, 0) is 0 Å². The SMILES string of the molecule is CCN(CC)CC#CCCCO. The highest BCUT2D eigenvalue weighted by atomic mass is 16.2. The molecule has 12 heavy (non-hydrogen) atoms. The predicted molar refractivity (Wildman–Crippen MR) is 51.9 cm³/mol. The normalized spacial score (nSPS) is 9.67. The van der Waals surface area contributed by atoms with Crippen LogP contribution in [0.15, 0.2) is 0 Å². The quantitative estimate of drug-likeness (QED) is 0.492. The molecule has 1 N–H and O–H groups in total. The zero-order valence-corrected chi connectivity index (χ0v) is 8.14. The second-order valence-corrected chi connectivity index (χ2v) is 2.64. The molecule has 0 aromatic rings. The average molecular weight is 169 g/mol. The molecule has 0 spiro atoms. The molecule has 0 rings (SSSR count). The zero-order chi connectivity index (χ0) is 9.23. The Kier molecular flexibility index (Phi) is 8.20. The van der Waals surface area contributed by atoms with Crippen LogP contribution < -0.4 is 0 Å². The maximum atomic E-state index is 8.49. The molecule has 0 aliphatic heterocycles. The van der Waals surface area contributed by atoms with Gasteiger partial charge in [0.2, 0.25) is 0 Å². The number of hydrogen-bond acceptors (Lipinski definition) is 2. The molecule has 0 atom stereocenters. The van der Waals surface area contributed by atoms with E-state index in [0.29, 0.717) is 0 Å². The first kappa shape index (κ1) is 11.5. The maximum absolute atomic E-state index is 8.49. The van der Waals surface area contributed by atoms with Gasteiger partial charge in [0.1, 0.15) is 0 Å². The maximum Gasteiger partial charge on any atom is 0.0601 e. The first-order valence-electron chi connectivity index (χ1n) is 4.64. The summed E-state index contributed by atoms with van der Waals surface area (Å²) < 4.78 is 0. The Bertz CT molecular complexity index is 142. The second kappa shape index (κ2) is 8.58. The van der Waals surface area contributed by atoms with Gasteiger partial charge in [-0.2, -0.15) is 0 Å². The standard InChI is InChI=1S/C10H19NO/c1-3-11(4-2)9-7-5-6-8-10-12/h12H,3-4,6,8-10H2,1-2H3. The Morgan fingerprint density at radius 1 is 1.17 bits per heavy atom. The van der Waals surface area contributed by atoms with Crippen LogP contribution in [0.2, 0.25) is 0 Å². The summed E-state index contributed by atoms with van der Waals surface area (Å²) in [5.41, 5.74) is 0. The van der Waals surface area contributed by atoms with Crippen LogP contribution in [-0.4, -0.2) is 36.2 Å². The molecule has 0 saturated carbocycles. The van der Waals surface area contributed by atoms with Gasteiger partial charge in [-0.25, -0.2) is 0 Å². The number of aliphatic hydroxyl groups excluding tert-OH is 1. The van der Waals surface area contributed by atoms with Crippen molar-refractivity contribution < 1.29 is 5.11 Å². The lowest BCUT2D eigenvalue weighted by Gasteiger charge is -2.13. The first-order valence-corrected chi connectivity index (χ1v) is 4.64. The lowest BCUT2D eigenvalue weighted by molar-refractivity contribution is 0.290. The summed E-state index contributed by atoms with van der Waals surface area (Å²) >= 11 is 0. The minimum atomic E-state index is 0.250. The van der Waals surface area contributed by atoms with Crippen molar-refractivity contribution in [1.29, 1.82) is 0 Å². The van der Waals surface area contributed by atoms with E-state index in [-0.39, 0.29) is 6.61 Å². The molecule has 0 aromatic heterocycles. The molecule has 0 aromatic carbocycles. The van der Waals surface area contributed by atoms with Crippen LogP contribution in [0.3, 0.4) is 0 Å². The van der Waals surface area contributed by atoms with E-state index in [1.54, 1.807) is 0 Å². The van der Waals surface area contributed by atoms with Gasteiger partial charge in [-0.3, -0.25) is 4.90 Å². The Hall–Kier alpha value is -0.520. The van der Waals surface area contributed by atoms with Gasteiger partial charge in [0, 0.05) is 13.0 Å². The van der Waals surface area contributed by atoms with Gasteiger partial charge < -0.3 is 5.11 Å². The summed E-state index contributed by atoms with van der Waals surface area (Å²) in [6, 6.07) is 0. The number of hydrogen-bond donors (Lipinski definition) is 1. The van der Waals surface area contributed by atoms with Crippen molar-refractivity contribution >= 4 is 0 Å². The van der Waals surface area contributed by atoms with Gasteiger partial charge in [-0.05, 0) is 19.5 Å². The van der Waals surface area contributed by atoms with E-state index in [1.165, 1.54) is 0 Å². The summed E-state index contributed by atoms with van der Waals surface area (Å²) in [6.07, 6.45) is 1.61. The monoisotopic (exact) mass is 169 g/mol. The molecule has 2 heteroatoms. The number of unbranched alkanes of at least 4 members (excludes halogenated alkanes) is 1. The fraction of sp³-hybridized carbons (Fsp3) is 0.800. The molecule has 0 saturated heterocycles. The molecular formula is C10H19NO. The molecule has 0 radical (unpaired) electrons. The lowest BCUT2D eigenvalue weighted by Crippen LogP contribution is -2.22. The topological polar surface area (TPSA) is 23.5 Å². The Labute approximate surface area is 75.6 Å². The predicted octanol–water partition coefficient (Wildman–Crippen LogP) is 1.10. The fourth-order valence-corrected chi connectivity index (χ4v) is 0.871. The van der Waals surface area contributed by atoms with Gasteiger partial charge in [0.05, 0.1) is 6.54 Å². The molecule has 0 aliphatic carbocycles. The molecule has 0 aliphatic rings. The summed E-state index contributed by atoms with van der Waals surface area (Å²) in [5.74, 6) is 6.12. The van der Waals surface area contributed by atoms with E-state index in [9.17, 15) is 0 Å². The lowest BCUT2D eigenvalue weighted by atomic mass is 10.3. The Morgan fingerprint density at radius 2 is 1.83 bits per heavy atom. The minimum Gasteiger partial charge on any atom is -0.396 e. The smallest absolute Gasteiger partial charge is 0.0601 e. The van der Waals surface area contributed by atoms with Crippen molar-refractivity contribution in [2.45, 2.75) is 26.7 Å². The molecule has 0 bridgehead atoms. The molecular weight excluding hydrogens is 150 g/mol. The molecule has 0 heterocycles. The molecule has 0 fully saturated rings. The van der Waals surface area contributed by atoms with Crippen LogP contribution >= 0.6 is 0 Å². The van der Waals surface area contributed by atoms with Gasteiger partial charge in [-0.1, -0.05) is 19.8 Å². The zero-order valence-electron chi connectivity index (χ0n) is 8.14. The van der Waals surface area contributed by atoms with E-state index in [4.69, 9.17) is 5.11 Å². The van der Waals surface area contributed by atoms with Crippen LogP contribution in [0.5, 0.6) is 0 Å². The fourth-order valence-electron chi connectivity index (χ4n) is 0.871. The third kappa shape index (κ3) is 6.21. The Balaban J connectivity index is 3.40. The van der Waals surface area contributed by atoms with Crippen molar-refractivity contribution in [3.8, 4) is 11.8 Å². The van der Waals surface area contributed by atoms with Gasteiger partial charge in [-0.15, -0.1) is 5.92 Å². The van der Waals surface area contributed by atoms with Gasteiger partial charge in [0.25, 0.3) is 0 Å². The summed E-state index contributed by atoms with van der Waals surface area (Å²) in [7, 11) is 0. The summed E-state index contributed by atoms with van der Waals surface area (Å²) in [6.45, 7) is 7.51. The second-order valence-electron chi connectivity index (χ2n) is 2.64. The van der Waals surface area contributed by atoms with Gasteiger partial charge >= 0.3 is 0 Å². The first-order chi connectivity index (χ1) is 5.85. The number of nitrogens with zero attached hydrogens (tertiary/aromatic N) is 1. The van der Waals surface area contributed by atoms with Crippen molar-refractivity contribution in [2.24, 2.45) is 0 Å². The molecule has 70 valence electrons. The van der Waals surface area contributed by atoms with Crippen LogP contribution in [0.4, 0.5) is 0 Å². The Morgan fingerprint density at radius 3 is 2.33 bits per heavy atom. The summed E-state index contributed by atoms with van der Waals surface area (Å²) in [5, 5.41) is 8.49. The van der Waals surface area contributed by atoms with Crippen LogP contribution in [0.25, 0.3) is 0 Å².